The Kier molecular flexibility index (Phi) is 4.54. The number of hydrogen-bond donors (Lipinski definition) is 2. The second kappa shape index (κ2) is 7.04. The van der Waals surface area contributed by atoms with Gasteiger partial charge in [-0.25, -0.2) is 4.98 Å². The molecule has 0 bridgehead atoms. The molecule has 0 amide bonds. The predicted molar refractivity (Wildman–Crippen MR) is 105 cm³/mol. The normalized spacial score (nSPS) is 29.3. The summed E-state index contributed by atoms with van der Waals surface area (Å²) in [5.41, 5.74) is 1.64. The molecule has 2 N–H and O–H groups in total. The van der Waals surface area contributed by atoms with Crippen LogP contribution in [0.15, 0.2) is 4.79 Å². The maximum atomic E-state index is 13.0. The van der Waals surface area contributed by atoms with E-state index in [0.717, 1.165) is 42.3 Å². The highest BCUT2D eigenvalue weighted by Gasteiger charge is 2.38. The van der Waals surface area contributed by atoms with Crippen LogP contribution in [0.1, 0.15) is 88.2 Å². The van der Waals surface area contributed by atoms with Gasteiger partial charge in [-0.05, 0) is 51.0 Å². The number of hydrogen-bond acceptors (Lipinski definition) is 4. The fraction of sp³-hybridized carbons (Fsp3) is 0.762. The Morgan fingerprint density at radius 1 is 1.04 bits per heavy atom. The maximum absolute atomic E-state index is 13.0. The molecule has 6 nitrogen and oxygen atoms in total. The highest BCUT2D eigenvalue weighted by Crippen LogP contribution is 2.40. The lowest BCUT2D eigenvalue weighted by Gasteiger charge is -2.41. The van der Waals surface area contributed by atoms with Crippen molar-refractivity contribution in [3.63, 3.8) is 0 Å². The third-order valence-corrected chi connectivity index (χ3v) is 7.23. The molecule has 0 aromatic rings. The molecule has 5 aliphatic rings. The molecular weight excluding hydrogens is 338 g/mol. The van der Waals surface area contributed by atoms with Gasteiger partial charge in [0.25, 0.3) is 5.56 Å². The van der Waals surface area contributed by atoms with E-state index in [0.29, 0.717) is 23.9 Å². The zero-order valence-corrected chi connectivity index (χ0v) is 16.3. The van der Waals surface area contributed by atoms with E-state index >= 15 is 0 Å². The maximum Gasteiger partial charge on any atom is 0.284 e. The standard InChI is InChI=1S/C21H31N5O/c1-2-16-18-20(26(25-16)13-7-3-4-8-13)23-19(24-21(18)27)15-11-12-22-17-10-6-5-9-14(15)17/h13-15,17,22,25H,2-12H2,1H3. The minimum atomic E-state index is -0.0780. The van der Waals surface area contributed by atoms with Gasteiger partial charge >= 0.3 is 0 Å². The van der Waals surface area contributed by atoms with Crippen molar-refractivity contribution in [2.75, 3.05) is 6.54 Å². The molecule has 2 aliphatic carbocycles. The van der Waals surface area contributed by atoms with Crippen LogP contribution in [0.5, 0.6) is 0 Å². The van der Waals surface area contributed by atoms with Crippen molar-refractivity contribution in [2.24, 2.45) is 5.92 Å². The summed E-state index contributed by atoms with van der Waals surface area (Å²) in [6, 6.07) is 1.02. The van der Waals surface area contributed by atoms with E-state index in [9.17, 15) is 4.79 Å². The lowest BCUT2D eigenvalue weighted by Crippen LogP contribution is -2.47. The number of aromatic nitrogens is 4. The number of rotatable bonds is 3. The van der Waals surface area contributed by atoms with Gasteiger partial charge in [-0.2, -0.15) is 4.98 Å². The van der Waals surface area contributed by atoms with Crippen LogP contribution in [0.4, 0.5) is 0 Å². The molecule has 3 unspecified atom stereocenters. The van der Waals surface area contributed by atoms with Crippen molar-refractivity contribution in [1.82, 2.24) is 25.1 Å². The first kappa shape index (κ1) is 17.4. The minimum Gasteiger partial charge on any atom is -0.314 e. The number of aryl methyl sites for hydroxylation is 1. The predicted octanol–water partition coefficient (Wildman–Crippen LogP) is 3.38. The van der Waals surface area contributed by atoms with Crippen molar-refractivity contribution >= 4 is 0 Å². The highest BCUT2D eigenvalue weighted by atomic mass is 16.1. The molecule has 0 spiro atoms. The number of H-pyrrole nitrogens is 1. The van der Waals surface area contributed by atoms with Crippen LogP contribution >= 0.6 is 0 Å². The molecular formula is C21H31N5O. The summed E-state index contributed by atoms with van der Waals surface area (Å²) < 4.78 is 2.20. The summed E-state index contributed by atoms with van der Waals surface area (Å²) in [6.07, 6.45) is 11.8. The van der Waals surface area contributed by atoms with E-state index < -0.39 is 0 Å². The molecule has 1 saturated heterocycles. The van der Waals surface area contributed by atoms with Gasteiger partial charge in [0.05, 0.1) is 6.04 Å². The smallest absolute Gasteiger partial charge is 0.284 e. The van der Waals surface area contributed by atoms with Crippen molar-refractivity contribution in [3.05, 3.63) is 21.9 Å². The lowest BCUT2D eigenvalue weighted by molar-refractivity contribution is 0.177. The Labute approximate surface area is 160 Å². The van der Waals surface area contributed by atoms with Gasteiger partial charge in [-0.3, -0.25) is 14.6 Å². The molecule has 27 heavy (non-hydrogen) atoms. The lowest BCUT2D eigenvalue weighted by atomic mass is 9.72. The molecule has 0 radical (unpaired) electrons. The molecule has 0 aromatic carbocycles. The molecule has 5 rings (SSSR count). The minimum absolute atomic E-state index is 0.0780. The summed E-state index contributed by atoms with van der Waals surface area (Å²) in [5.74, 6) is 2.57. The quantitative estimate of drug-likeness (QED) is 0.870. The molecule has 3 heterocycles. The van der Waals surface area contributed by atoms with Gasteiger partial charge in [0, 0.05) is 17.7 Å². The van der Waals surface area contributed by atoms with E-state index in [-0.39, 0.29) is 5.56 Å². The SMILES string of the molecule is CCc1[nH]n(C2CCCC2)c2nc(C3CCNC4CCCCC43)nc(=O)c1-2. The summed E-state index contributed by atoms with van der Waals surface area (Å²) in [5, 5.41) is 7.21. The van der Waals surface area contributed by atoms with E-state index in [2.05, 4.69) is 27.0 Å². The number of nitrogens with one attached hydrogen (secondary N) is 2. The zero-order chi connectivity index (χ0) is 18.4. The molecule has 2 saturated carbocycles. The van der Waals surface area contributed by atoms with Crippen molar-refractivity contribution in [3.8, 4) is 11.4 Å². The van der Waals surface area contributed by atoms with Crippen LogP contribution in [0.2, 0.25) is 0 Å². The molecule has 3 atom stereocenters. The fourth-order valence-electron chi connectivity index (χ4n) is 5.84. The Morgan fingerprint density at radius 3 is 2.63 bits per heavy atom. The molecule has 3 aliphatic heterocycles. The topological polar surface area (TPSA) is 75.6 Å². The van der Waals surface area contributed by atoms with Crippen LogP contribution < -0.4 is 10.9 Å². The third-order valence-electron chi connectivity index (χ3n) is 7.23. The van der Waals surface area contributed by atoms with Crippen LogP contribution in [-0.4, -0.2) is 32.3 Å². The Bertz CT molecular complexity index is 832. The summed E-state index contributed by atoms with van der Waals surface area (Å²) >= 11 is 0. The van der Waals surface area contributed by atoms with Gasteiger partial charge in [0.2, 0.25) is 0 Å². The van der Waals surface area contributed by atoms with E-state index in [1.807, 2.05) is 0 Å². The van der Waals surface area contributed by atoms with Gasteiger partial charge in [0.1, 0.15) is 11.4 Å². The Morgan fingerprint density at radius 2 is 1.81 bits per heavy atom. The van der Waals surface area contributed by atoms with Gasteiger partial charge in [0.15, 0.2) is 5.82 Å². The first-order valence-electron chi connectivity index (χ1n) is 11.0. The molecule has 0 aromatic heterocycles. The average molecular weight is 370 g/mol. The number of fused-ring (bicyclic) bond motifs is 2. The van der Waals surface area contributed by atoms with E-state index in [4.69, 9.17) is 4.98 Å². The second-order valence-corrected chi connectivity index (χ2v) is 8.74. The molecule has 3 fully saturated rings. The third kappa shape index (κ3) is 2.93. The van der Waals surface area contributed by atoms with Crippen LogP contribution in [-0.2, 0) is 6.42 Å². The summed E-state index contributed by atoms with van der Waals surface area (Å²) in [7, 11) is 0. The Balaban J connectivity index is 1.59. The van der Waals surface area contributed by atoms with Gasteiger partial charge < -0.3 is 5.32 Å². The monoisotopic (exact) mass is 369 g/mol. The van der Waals surface area contributed by atoms with Crippen LogP contribution in [0.3, 0.4) is 0 Å². The Hall–Kier alpha value is -1.69. The molecule has 6 heteroatoms. The summed E-state index contributed by atoms with van der Waals surface area (Å²) in [4.78, 5) is 22.6. The van der Waals surface area contributed by atoms with E-state index in [1.165, 1.54) is 51.4 Å². The largest absolute Gasteiger partial charge is 0.314 e. The van der Waals surface area contributed by atoms with Gasteiger partial charge in [-0.15, -0.1) is 0 Å². The average Bonchev–Trinajstić information content (AvgIpc) is 3.35. The van der Waals surface area contributed by atoms with Crippen molar-refractivity contribution in [2.45, 2.75) is 89.1 Å². The van der Waals surface area contributed by atoms with Crippen LogP contribution in [0.25, 0.3) is 11.4 Å². The van der Waals surface area contributed by atoms with Gasteiger partial charge in [-0.1, -0.05) is 32.6 Å². The number of nitrogens with zero attached hydrogens (tertiary/aromatic N) is 3. The summed E-state index contributed by atoms with van der Waals surface area (Å²) in [6.45, 7) is 3.11. The van der Waals surface area contributed by atoms with Crippen molar-refractivity contribution < 1.29 is 0 Å². The first-order chi connectivity index (χ1) is 13.3. The fourth-order valence-corrected chi connectivity index (χ4v) is 5.84. The highest BCUT2D eigenvalue weighted by molar-refractivity contribution is 5.59. The van der Waals surface area contributed by atoms with Crippen molar-refractivity contribution in [1.29, 1.82) is 0 Å². The molecule has 146 valence electrons. The van der Waals surface area contributed by atoms with E-state index in [1.54, 1.807) is 0 Å². The number of piperidine rings is 1. The first-order valence-corrected chi connectivity index (χ1v) is 11.0. The second-order valence-electron chi connectivity index (χ2n) is 8.74. The number of aromatic amines is 1. The van der Waals surface area contributed by atoms with Crippen LogP contribution in [0, 0.1) is 5.92 Å². The zero-order valence-electron chi connectivity index (χ0n) is 16.3.